The largest absolute Gasteiger partial charge is 0.384 e. The molecule has 0 aromatic carbocycles. The van der Waals surface area contributed by atoms with E-state index in [1.807, 2.05) is 0 Å². The van der Waals surface area contributed by atoms with Crippen molar-refractivity contribution in [3.8, 4) is 0 Å². The van der Waals surface area contributed by atoms with Crippen LogP contribution in [0.5, 0.6) is 0 Å². The average molecular weight is 195 g/mol. The van der Waals surface area contributed by atoms with Gasteiger partial charge in [-0.2, -0.15) is 0 Å². The Morgan fingerprint density at radius 1 is 1.36 bits per heavy atom. The molecule has 0 aliphatic carbocycles. The number of nitrogens with two attached hydrogens (primary N) is 1. The third kappa shape index (κ3) is 1.91. The zero-order valence-corrected chi connectivity index (χ0v) is 9.67. The molecule has 0 unspecified atom stereocenters. The summed E-state index contributed by atoms with van der Waals surface area (Å²) in [6.45, 7) is 8.56. The van der Waals surface area contributed by atoms with Crippen LogP contribution in [-0.4, -0.2) is 9.55 Å². The predicted molar refractivity (Wildman–Crippen MR) is 60.4 cm³/mol. The van der Waals surface area contributed by atoms with E-state index in [0.717, 1.165) is 36.6 Å². The summed E-state index contributed by atoms with van der Waals surface area (Å²) in [5, 5.41) is 0. The van der Waals surface area contributed by atoms with E-state index in [1.165, 1.54) is 0 Å². The van der Waals surface area contributed by atoms with E-state index in [2.05, 4.69) is 37.2 Å². The summed E-state index contributed by atoms with van der Waals surface area (Å²) < 4.78 is 2.16. The van der Waals surface area contributed by atoms with Crippen molar-refractivity contribution in [1.29, 1.82) is 0 Å². The maximum absolute atomic E-state index is 6.05. The van der Waals surface area contributed by atoms with Gasteiger partial charge in [0.25, 0.3) is 0 Å². The minimum Gasteiger partial charge on any atom is -0.384 e. The second kappa shape index (κ2) is 4.49. The van der Waals surface area contributed by atoms with Crippen LogP contribution in [0.2, 0.25) is 0 Å². The number of anilines is 1. The number of hydrogen-bond acceptors (Lipinski definition) is 2. The van der Waals surface area contributed by atoms with Gasteiger partial charge in [0.2, 0.25) is 0 Å². The van der Waals surface area contributed by atoms with E-state index in [9.17, 15) is 0 Å². The summed E-state index contributed by atoms with van der Waals surface area (Å²) >= 11 is 0. The van der Waals surface area contributed by atoms with Crippen LogP contribution in [0.4, 0.5) is 5.82 Å². The molecule has 2 N–H and O–H groups in total. The molecule has 1 aromatic heterocycles. The van der Waals surface area contributed by atoms with Crippen molar-refractivity contribution in [2.45, 2.75) is 53.0 Å². The van der Waals surface area contributed by atoms with Gasteiger partial charge in [-0.25, -0.2) is 4.98 Å². The Hall–Kier alpha value is -0.990. The smallest absolute Gasteiger partial charge is 0.127 e. The molecule has 1 rings (SSSR count). The van der Waals surface area contributed by atoms with Crippen LogP contribution in [0.1, 0.15) is 51.7 Å². The highest BCUT2D eigenvalue weighted by atomic mass is 15.2. The molecule has 0 saturated carbocycles. The van der Waals surface area contributed by atoms with Crippen LogP contribution in [0.25, 0.3) is 0 Å². The molecule has 0 spiro atoms. The first-order valence-corrected chi connectivity index (χ1v) is 5.47. The summed E-state index contributed by atoms with van der Waals surface area (Å²) in [5.74, 6) is 1.99. The van der Waals surface area contributed by atoms with Crippen molar-refractivity contribution < 1.29 is 0 Å². The lowest BCUT2D eigenvalue weighted by Gasteiger charge is -2.13. The normalized spacial score (nSPS) is 11.2. The quantitative estimate of drug-likeness (QED) is 0.802. The highest BCUT2D eigenvalue weighted by molar-refractivity contribution is 5.38. The summed E-state index contributed by atoms with van der Waals surface area (Å²) in [4.78, 5) is 4.58. The van der Waals surface area contributed by atoms with E-state index in [4.69, 9.17) is 5.73 Å². The minimum atomic E-state index is 0.407. The molecule has 1 aromatic rings. The molecular formula is C11H21N3. The standard InChI is InChI=1S/C11H21N3/c1-5-7-10-13-9(6-2)11(12)14(10)8(3)4/h8H,5-7,12H2,1-4H3. The maximum atomic E-state index is 6.05. The summed E-state index contributed by atoms with van der Waals surface area (Å²) in [6, 6.07) is 0.407. The molecule has 80 valence electrons. The number of nitrogens with zero attached hydrogens (tertiary/aromatic N) is 2. The fourth-order valence-corrected chi connectivity index (χ4v) is 1.78. The minimum absolute atomic E-state index is 0.407. The maximum Gasteiger partial charge on any atom is 0.127 e. The second-order valence-electron chi connectivity index (χ2n) is 3.93. The summed E-state index contributed by atoms with van der Waals surface area (Å²) in [6.07, 6.45) is 3.05. The summed E-state index contributed by atoms with van der Waals surface area (Å²) in [7, 11) is 0. The second-order valence-corrected chi connectivity index (χ2v) is 3.93. The molecule has 14 heavy (non-hydrogen) atoms. The van der Waals surface area contributed by atoms with Gasteiger partial charge in [-0.1, -0.05) is 13.8 Å². The molecule has 0 saturated heterocycles. The molecule has 0 amide bonds. The number of rotatable bonds is 4. The molecular weight excluding hydrogens is 174 g/mol. The van der Waals surface area contributed by atoms with E-state index < -0.39 is 0 Å². The van der Waals surface area contributed by atoms with Gasteiger partial charge in [-0.05, 0) is 26.7 Å². The Balaban J connectivity index is 3.13. The van der Waals surface area contributed by atoms with Gasteiger partial charge in [0.15, 0.2) is 0 Å². The van der Waals surface area contributed by atoms with Gasteiger partial charge in [0.05, 0.1) is 5.69 Å². The molecule has 0 radical (unpaired) electrons. The molecule has 0 atom stereocenters. The van der Waals surface area contributed by atoms with Crippen molar-refractivity contribution >= 4 is 5.82 Å². The lowest BCUT2D eigenvalue weighted by Crippen LogP contribution is -2.09. The predicted octanol–water partition coefficient (Wildman–Crippen LogP) is 2.56. The molecule has 0 aliphatic heterocycles. The number of nitrogen functional groups attached to an aromatic ring is 1. The van der Waals surface area contributed by atoms with Crippen molar-refractivity contribution in [1.82, 2.24) is 9.55 Å². The third-order valence-corrected chi connectivity index (χ3v) is 2.42. The Morgan fingerprint density at radius 3 is 2.43 bits per heavy atom. The molecule has 3 heteroatoms. The Labute approximate surface area is 86.3 Å². The highest BCUT2D eigenvalue weighted by Crippen LogP contribution is 2.21. The summed E-state index contributed by atoms with van der Waals surface area (Å²) in [5.41, 5.74) is 7.09. The fraction of sp³-hybridized carbons (Fsp3) is 0.727. The van der Waals surface area contributed by atoms with Crippen molar-refractivity contribution in [2.24, 2.45) is 0 Å². The zero-order chi connectivity index (χ0) is 10.7. The van der Waals surface area contributed by atoms with Crippen LogP contribution < -0.4 is 5.73 Å². The molecule has 3 nitrogen and oxygen atoms in total. The van der Waals surface area contributed by atoms with Gasteiger partial charge in [-0.3, -0.25) is 0 Å². The molecule has 0 aliphatic rings. The highest BCUT2D eigenvalue weighted by Gasteiger charge is 2.14. The van der Waals surface area contributed by atoms with E-state index in [-0.39, 0.29) is 0 Å². The van der Waals surface area contributed by atoms with E-state index >= 15 is 0 Å². The monoisotopic (exact) mass is 195 g/mol. The number of aromatic nitrogens is 2. The van der Waals surface area contributed by atoms with Gasteiger partial charge in [0, 0.05) is 12.5 Å². The van der Waals surface area contributed by atoms with Crippen LogP contribution in [0.15, 0.2) is 0 Å². The lowest BCUT2D eigenvalue weighted by atomic mass is 10.3. The Morgan fingerprint density at radius 2 is 2.00 bits per heavy atom. The van der Waals surface area contributed by atoms with Crippen molar-refractivity contribution in [3.63, 3.8) is 0 Å². The molecule has 0 fully saturated rings. The lowest BCUT2D eigenvalue weighted by molar-refractivity contribution is 0.571. The van der Waals surface area contributed by atoms with Gasteiger partial charge < -0.3 is 10.3 Å². The van der Waals surface area contributed by atoms with Crippen molar-refractivity contribution in [3.05, 3.63) is 11.5 Å². The van der Waals surface area contributed by atoms with Crippen LogP contribution in [0, 0.1) is 0 Å². The zero-order valence-electron chi connectivity index (χ0n) is 9.67. The SMILES string of the molecule is CCCc1nc(CC)c(N)n1C(C)C. The van der Waals surface area contributed by atoms with Gasteiger partial charge in [0.1, 0.15) is 11.6 Å². The number of aryl methyl sites for hydroxylation is 2. The van der Waals surface area contributed by atoms with Crippen LogP contribution >= 0.6 is 0 Å². The van der Waals surface area contributed by atoms with Gasteiger partial charge >= 0.3 is 0 Å². The van der Waals surface area contributed by atoms with Crippen LogP contribution in [-0.2, 0) is 12.8 Å². The van der Waals surface area contributed by atoms with Gasteiger partial charge in [-0.15, -0.1) is 0 Å². The first kappa shape index (κ1) is 11.1. The van der Waals surface area contributed by atoms with Crippen LogP contribution in [0.3, 0.4) is 0 Å². The first-order valence-electron chi connectivity index (χ1n) is 5.47. The Kier molecular flexibility index (Phi) is 3.55. The third-order valence-electron chi connectivity index (χ3n) is 2.42. The molecule has 1 heterocycles. The number of hydrogen-bond donors (Lipinski definition) is 1. The van der Waals surface area contributed by atoms with E-state index in [0.29, 0.717) is 6.04 Å². The topological polar surface area (TPSA) is 43.8 Å². The van der Waals surface area contributed by atoms with E-state index in [1.54, 1.807) is 0 Å². The number of imidazole rings is 1. The Bertz CT molecular complexity index is 300. The fourth-order valence-electron chi connectivity index (χ4n) is 1.78. The average Bonchev–Trinajstić information content (AvgIpc) is 2.43. The first-order chi connectivity index (χ1) is 6.61. The molecule has 0 bridgehead atoms. The van der Waals surface area contributed by atoms with Crippen molar-refractivity contribution in [2.75, 3.05) is 5.73 Å².